The standard InChI is InChI=1S/C14H13NO2/c1-11(16)15-13-7-9-14(17,10-8-13)12-5-3-2-4-6-12/h2-10,17H,1H3. The van der Waals surface area contributed by atoms with Crippen LogP contribution in [-0.2, 0) is 10.4 Å². The Balaban J connectivity index is 2.29. The first kappa shape index (κ1) is 11.5. The topological polar surface area (TPSA) is 49.7 Å². The van der Waals surface area contributed by atoms with Gasteiger partial charge in [0.15, 0.2) is 0 Å². The van der Waals surface area contributed by atoms with Crippen molar-refractivity contribution >= 4 is 11.6 Å². The minimum absolute atomic E-state index is 0.251. The molecule has 1 amide bonds. The predicted octanol–water partition coefficient (Wildman–Crippen LogP) is 1.99. The molecule has 1 aromatic carbocycles. The maximum Gasteiger partial charge on any atom is 0.243 e. The molecule has 0 saturated carbocycles. The molecule has 0 bridgehead atoms. The van der Waals surface area contributed by atoms with Gasteiger partial charge in [-0.2, -0.15) is 0 Å². The second-order valence-electron chi connectivity index (χ2n) is 3.91. The monoisotopic (exact) mass is 227 g/mol. The molecule has 86 valence electrons. The summed E-state index contributed by atoms with van der Waals surface area (Å²) in [5.41, 5.74) is 0.226. The van der Waals surface area contributed by atoms with Crippen LogP contribution in [0.3, 0.4) is 0 Å². The van der Waals surface area contributed by atoms with E-state index in [2.05, 4.69) is 4.99 Å². The third kappa shape index (κ3) is 2.57. The quantitative estimate of drug-likeness (QED) is 0.797. The molecule has 0 radical (unpaired) electrons. The lowest BCUT2D eigenvalue weighted by Crippen LogP contribution is -2.22. The molecule has 0 spiro atoms. The van der Waals surface area contributed by atoms with E-state index < -0.39 is 5.60 Å². The van der Waals surface area contributed by atoms with Crippen molar-refractivity contribution in [2.24, 2.45) is 4.99 Å². The van der Waals surface area contributed by atoms with Gasteiger partial charge in [-0.1, -0.05) is 30.3 Å². The van der Waals surface area contributed by atoms with Gasteiger partial charge in [0.2, 0.25) is 5.91 Å². The Kier molecular flexibility index (Phi) is 3.02. The van der Waals surface area contributed by atoms with Gasteiger partial charge < -0.3 is 5.11 Å². The number of carbonyl (C=O) groups excluding carboxylic acids is 1. The molecule has 0 fully saturated rings. The van der Waals surface area contributed by atoms with E-state index in [0.29, 0.717) is 5.71 Å². The average molecular weight is 227 g/mol. The number of benzene rings is 1. The number of amides is 1. The predicted molar refractivity (Wildman–Crippen MR) is 66.7 cm³/mol. The van der Waals surface area contributed by atoms with E-state index >= 15 is 0 Å². The van der Waals surface area contributed by atoms with Crippen molar-refractivity contribution < 1.29 is 9.90 Å². The summed E-state index contributed by atoms with van der Waals surface area (Å²) in [6, 6.07) is 9.33. The lowest BCUT2D eigenvalue weighted by Gasteiger charge is -2.23. The van der Waals surface area contributed by atoms with Gasteiger partial charge in [0.1, 0.15) is 5.60 Å². The fraction of sp³-hybridized carbons (Fsp3) is 0.143. The maximum absolute atomic E-state index is 10.8. The number of allylic oxidation sites excluding steroid dienone is 2. The SMILES string of the molecule is CC(=O)N=C1C=CC(O)(c2ccccc2)C=C1. The third-order valence-corrected chi connectivity index (χ3v) is 2.54. The molecule has 0 atom stereocenters. The molecule has 3 heteroatoms. The molecule has 3 nitrogen and oxygen atoms in total. The summed E-state index contributed by atoms with van der Waals surface area (Å²) in [6.45, 7) is 1.40. The second-order valence-corrected chi connectivity index (χ2v) is 3.91. The summed E-state index contributed by atoms with van der Waals surface area (Å²) in [6.07, 6.45) is 6.55. The van der Waals surface area contributed by atoms with E-state index in [1.807, 2.05) is 30.3 Å². The van der Waals surface area contributed by atoms with Gasteiger partial charge >= 0.3 is 0 Å². The van der Waals surface area contributed by atoms with Gasteiger partial charge in [0.05, 0.1) is 5.71 Å². The number of aliphatic hydroxyl groups is 1. The largest absolute Gasteiger partial charge is 0.377 e. The molecule has 0 aliphatic heterocycles. The summed E-state index contributed by atoms with van der Waals surface area (Å²) in [5, 5.41) is 10.4. The second kappa shape index (κ2) is 4.47. The highest BCUT2D eigenvalue weighted by molar-refractivity contribution is 6.10. The fourth-order valence-electron chi connectivity index (χ4n) is 1.69. The Labute approximate surface area is 99.8 Å². The molecule has 2 rings (SSSR count). The van der Waals surface area contributed by atoms with Gasteiger partial charge in [-0.25, -0.2) is 4.99 Å². The van der Waals surface area contributed by atoms with E-state index in [9.17, 15) is 9.90 Å². The highest BCUT2D eigenvalue weighted by atomic mass is 16.3. The summed E-state index contributed by atoms with van der Waals surface area (Å²) in [7, 11) is 0. The van der Waals surface area contributed by atoms with Crippen molar-refractivity contribution in [3.05, 3.63) is 60.2 Å². The number of aliphatic imine (C=N–C) groups is 1. The van der Waals surface area contributed by atoms with Crippen LogP contribution in [0, 0.1) is 0 Å². The average Bonchev–Trinajstić information content (AvgIpc) is 2.33. The van der Waals surface area contributed by atoms with Crippen LogP contribution in [0.15, 0.2) is 59.6 Å². The smallest absolute Gasteiger partial charge is 0.243 e. The Hall–Kier alpha value is -2.00. The molecule has 1 aliphatic carbocycles. The third-order valence-electron chi connectivity index (χ3n) is 2.54. The van der Waals surface area contributed by atoms with E-state index in [1.54, 1.807) is 24.3 Å². The highest BCUT2D eigenvalue weighted by Gasteiger charge is 2.24. The molecule has 0 saturated heterocycles. The van der Waals surface area contributed by atoms with Crippen molar-refractivity contribution in [3.8, 4) is 0 Å². The first-order valence-corrected chi connectivity index (χ1v) is 5.36. The zero-order chi connectivity index (χ0) is 12.3. The minimum atomic E-state index is -1.11. The number of hydrogen-bond donors (Lipinski definition) is 1. The van der Waals surface area contributed by atoms with E-state index in [-0.39, 0.29) is 5.91 Å². The summed E-state index contributed by atoms with van der Waals surface area (Å²) >= 11 is 0. The van der Waals surface area contributed by atoms with Crippen LogP contribution in [-0.4, -0.2) is 16.7 Å². The maximum atomic E-state index is 10.8. The van der Waals surface area contributed by atoms with Crippen molar-refractivity contribution in [2.75, 3.05) is 0 Å². The van der Waals surface area contributed by atoms with Crippen molar-refractivity contribution in [2.45, 2.75) is 12.5 Å². The molecule has 1 aromatic rings. The van der Waals surface area contributed by atoms with Gasteiger partial charge in [0, 0.05) is 6.92 Å². The van der Waals surface area contributed by atoms with E-state index in [4.69, 9.17) is 0 Å². The Morgan fingerprint density at radius 3 is 2.29 bits per heavy atom. The van der Waals surface area contributed by atoms with Crippen LogP contribution in [0.4, 0.5) is 0 Å². The van der Waals surface area contributed by atoms with Crippen LogP contribution < -0.4 is 0 Å². The summed E-state index contributed by atoms with van der Waals surface area (Å²) in [4.78, 5) is 14.6. The normalized spacial score (nSPS) is 22.6. The van der Waals surface area contributed by atoms with Crippen LogP contribution in [0.25, 0.3) is 0 Å². The Morgan fingerprint density at radius 2 is 1.76 bits per heavy atom. The van der Waals surface area contributed by atoms with Crippen molar-refractivity contribution in [3.63, 3.8) is 0 Å². The van der Waals surface area contributed by atoms with E-state index in [1.165, 1.54) is 6.92 Å². The minimum Gasteiger partial charge on any atom is -0.377 e. The van der Waals surface area contributed by atoms with E-state index in [0.717, 1.165) is 5.56 Å². The number of nitrogens with zero attached hydrogens (tertiary/aromatic N) is 1. The lowest BCUT2D eigenvalue weighted by atomic mass is 9.89. The van der Waals surface area contributed by atoms with Gasteiger partial charge in [-0.3, -0.25) is 4.79 Å². The molecule has 0 aromatic heterocycles. The zero-order valence-corrected chi connectivity index (χ0v) is 9.50. The van der Waals surface area contributed by atoms with Gasteiger partial charge in [0.25, 0.3) is 0 Å². The van der Waals surface area contributed by atoms with Crippen molar-refractivity contribution in [1.29, 1.82) is 0 Å². The first-order valence-electron chi connectivity index (χ1n) is 5.36. The number of hydrogen-bond acceptors (Lipinski definition) is 2. The Morgan fingerprint density at radius 1 is 1.18 bits per heavy atom. The summed E-state index contributed by atoms with van der Waals surface area (Å²) in [5.74, 6) is -0.251. The number of rotatable bonds is 1. The molecular formula is C14H13NO2. The first-order chi connectivity index (χ1) is 8.10. The number of carbonyl (C=O) groups is 1. The van der Waals surface area contributed by atoms with Crippen LogP contribution in [0.1, 0.15) is 12.5 Å². The molecular weight excluding hydrogens is 214 g/mol. The zero-order valence-electron chi connectivity index (χ0n) is 9.50. The fourth-order valence-corrected chi connectivity index (χ4v) is 1.69. The van der Waals surface area contributed by atoms with Crippen LogP contribution in [0.2, 0.25) is 0 Å². The lowest BCUT2D eigenvalue weighted by molar-refractivity contribution is -0.115. The van der Waals surface area contributed by atoms with Crippen molar-refractivity contribution in [1.82, 2.24) is 0 Å². The molecule has 0 unspecified atom stereocenters. The molecule has 1 aliphatic rings. The van der Waals surface area contributed by atoms with Gasteiger partial charge in [-0.05, 0) is 29.9 Å². The Bertz CT molecular complexity index is 496. The van der Waals surface area contributed by atoms with Crippen LogP contribution in [0.5, 0.6) is 0 Å². The highest BCUT2D eigenvalue weighted by Crippen LogP contribution is 2.26. The molecule has 17 heavy (non-hydrogen) atoms. The molecule has 1 N–H and O–H groups in total. The molecule has 0 heterocycles. The van der Waals surface area contributed by atoms with Crippen LogP contribution >= 0.6 is 0 Å². The summed E-state index contributed by atoms with van der Waals surface area (Å²) < 4.78 is 0. The van der Waals surface area contributed by atoms with Gasteiger partial charge in [-0.15, -0.1) is 0 Å².